The van der Waals surface area contributed by atoms with Crippen LogP contribution in [0.2, 0.25) is 0 Å². The van der Waals surface area contributed by atoms with Gasteiger partial charge in [0.15, 0.2) is 0 Å². The average molecular weight is 226 g/mol. The molecule has 1 aliphatic heterocycles. The van der Waals surface area contributed by atoms with E-state index in [2.05, 4.69) is 32.6 Å². The Kier molecular flexibility index (Phi) is 4.81. The molecule has 2 heteroatoms. The Bertz CT molecular complexity index is 203. The van der Waals surface area contributed by atoms with E-state index in [1.165, 1.54) is 38.8 Å². The zero-order chi connectivity index (χ0) is 12.2. The lowest BCUT2D eigenvalue weighted by Crippen LogP contribution is -2.50. The third-order valence-electron chi connectivity index (χ3n) is 4.32. The van der Waals surface area contributed by atoms with Crippen molar-refractivity contribution in [2.45, 2.75) is 65.3 Å². The molecule has 0 saturated carbocycles. The predicted octanol–water partition coefficient (Wildman–Crippen LogP) is 3.02. The van der Waals surface area contributed by atoms with Gasteiger partial charge in [0, 0.05) is 12.1 Å². The molecule has 1 saturated heterocycles. The molecule has 16 heavy (non-hydrogen) atoms. The fourth-order valence-electron chi connectivity index (χ4n) is 2.77. The summed E-state index contributed by atoms with van der Waals surface area (Å²) < 4.78 is 0. The molecule has 1 fully saturated rings. The summed E-state index contributed by atoms with van der Waals surface area (Å²) in [5.74, 6) is 0. The maximum atomic E-state index is 6.32. The van der Waals surface area contributed by atoms with Crippen LogP contribution in [0.5, 0.6) is 0 Å². The second-order valence-electron chi connectivity index (χ2n) is 6.34. The highest BCUT2D eigenvalue weighted by molar-refractivity contribution is 4.87. The van der Waals surface area contributed by atoms with Crippen LogP contribution < -0.4 is 5.73 Å². The second kappa shape index (κ2) is 5.50. The SMILES string of the molecule is CCCC(C)(N)CN1CCC(C)(CC)CC1. The minimum Gasteiger partial charge on any atom is -0.324 e. The van der Waals surface area contributed by atoms with E-state index in [1.807, 2.05) is 0 Å². The molecular weight excluding hydrogens is 196 g/mol. The van der Waals surface area contributed by atoms with Gasteiger partial charge in [0.1, 0.15) is 0 Å². The van der Waals surface area contributed by atoms with E-state index in [9.17, 15) is 0 Å². The van der Waals surface area contributed by atoms with Gasteiger partial charge in [-0.15, -0.1) is 0 Å². The standard InChI is InChI=1S/C14H30N2/c1-5-7-14(4,15)12-16-10-8-13(3,6-2)9-11-16/h5-12,15H2,1-4H3. The molecule has 2 N–H and O–H groups in total. The maximum Gasteiger partial charge on any atom is 0.0254 e. The third kappa shape index (κ3) is 4.06. The van der Waals surface area contributed by atoms with Crippen LogP contribution in [0.1, 0.15) is 59.8 Å². The Morgan fingerprint density at radius 3 is 2.25 bits per heavy atom. The molecule has 1 atom stereocenters. The maximum absolute atomic E-state index is 6.32. The van der Waals surface area contributed by atoms with Crippen LogP contribution >= 0.6 is 0 Å². The van der Waals surface area contributed by atoms with E-state index in [0.29, 0.717) is 5.41 Å². The molecule has 1 aliphatic rings. The summed E-state index contributed by atoms with van der Waals surface area (Å²) in [7, 11) is 0. The van der Waals surface area contributed by atoms with E-state index in [1.54, 1.807) is 0 Å². The highest BCUT2D eigenvalue weighted by Crippen LogP contribution is 2.34. The Balaban J connectivity index is 2.37. The fourth-order valence-corrected chi connectivity index (χ4v) is 2.77. The van der Waals surface area contributed by atoms with Crippen molar-refractivity contribution in [3.05, 3.63) is 0 Å². The van der Waals surface area contributed by atoms with Gasteiger partial charge in [0.2, 0.25) is 0 Å². The van der Waals surface area contributed by atoms with Gasteiger partial charge < -0.3 is 10.6 Å². The molecule has 0 aromatic rings. The number of piperidine rings is 1. The van der Waals surface area contributed by atoms with Crippen LogP contribution in [-0.2, 0) is 0 Å². The van der Waals surface area contributed by atoms with E-state index in [0.717, 1.165) is 13.0 Å². The van der Waals surface area contributed by atoms with Gasteiger partial charge in [-0.25, -0.2) is 0 Å². The highest BCUT2D eigenvalue weighted by atomic mass is 15.2. The summed E-state index contributed by atoms with van der Waals surface area (Å²) in [6, 6.07) is 0. The zero-order valence-corrected chi connectivity index (χ0v) is 11.7. The molecule has 1 unspecified atom stereocenters. The van der Waals surface area contributed by atoms with Crippen LogP contribution in [0.25, 0.3) is 0 Å². The zero-order valence-electron chi connectivity index (χ0n) is 11.7. The molecule has 0 aliphatic carbocycles. The molecule has 0 spiro atoms. The molecular formula is C14H30N2. The van der Waals surface area contributed by atoms with Gasteiger partial charge in [-0.05, 0) is 44.7 Å². The molecule has 0 radical (unpaired) electrons. The monoisotopic (exact) mass is 226 g/mol. The first kappa shape index (κ1) is 14.0. The van der Waals surface area contributed by atoms with Gasteiger partial charge >= 0.3 is 0 Å². The fraction of sp³-hybridized carbons (Fsp3) is 1.00. The molecule has 0 aromatic carbocycles. The first-order valence-corrected chi connectivity index (χ1v) is 6.92. The van der Waals surface area contributed by atoms with E-state index in [4.69, 9.17) is 5.73 Å². The molecule has 1 heterocycles. The molecule has 2 nitrogen and oxygen atoms in total. The van der Waals surface area contributed by atoms with Gasteiger partial charge in [0.05, 0.1) is 0 Å². The Hall–Kier alpha value is -0.0800. The lowest BCUT2D eigenvalue weighted by Gasteiger charge is -2.41. The number of nitrogens with two attached hydrogens (primary N) is 1. The van der Waals surface area contributed by atoms with Crippen molar-refractivity contribution >= 4 is 0 Å². The van der Waals surface area contributed by atoms with Crippen molar-refractivity contribution < 1.29 is 0 Å². The highest BCUT2D eigenvalue weighted by Gasteiger charge is 2.30. The van der Waals surface area contributed by atoms with Crippen molar-refractivity contribution in [1.29, 1.82) is 0 Å². The first-order chi connectivity index (χ1) is 7.41. The summed E-state index contributed by atoms with van der Waals surface area (Å²) in [6.07, 6.45) is 6.31. The van der Waals surface area contributed by atoms with Crippen LogP contribution in [0, 0.1) is 5.41 Å². The van der Waals surface area contributed by atoms with Crippen LogP contribution in [0.15, 0.2) is 0 Å². The number of nitrogens with zero attached hydrogens (tertiary/aromatic N) is 1. The van der Waals surface area contributed by atoms with Crippen molar-refractivity contribution in [2.24, 2.45) is 11.1 Å². The Morgan fingerprint density at radius 1 is 1.25 bits per heavy atom. The Morgan fingerprint density at radius 2 is 1.81 bits per heavy atom. The summed E-state index contributed by atoms with van der Waals surface area (Å²) in [5, 5.41) is 0. The van der Waals surface area contributed by atoms with Crippen LogP contribution in [0.3, 0.4) is 0 Å². The number of rotatable bonds is 5. The van der Waals surface area contributed by atoms with Crippen molar-refractivity contribution in [3.63, 3.8) is 0 Å². The topological polar surface area (TPSA) is 29.3 Å². The van der Waals surface area contributed by atoms with Crippen molar-refractivity contribution in [3.8, 4) is 0 Å². The summed E-state index contributed by atoms with van der Waals surface area (Å²) in [4.78, 5) is 2.56. The average Bonchev–Trinajstić information content (AvgIpc) is 2.21. The number of hydrogen-bond donors (Lipinski definition) is 1. The van der Waals surface area contributed by atoms with E-state index >= 15 is 0 Å². The van der Waals surface area contributed by atoms with Crippen LogP contribution in [0.4, 0.5) is 0 Å². The smallest absolute Gasteiger partial charge is 0.0254 e. The summed E-state index contributed by atoms with van der Waals surface area (Å²) >= 11 is 0. The Labute approximate surface area is 102 Å². The predicted molar refractivity (Wildman–Crippen MR) is 71.6 cm³/mol. The lowest BCUT2D eigenvalue weighted by atomic mass is 9.78. The van der Waals surface area contributed by atoms with Gasteiger partial charge in [-0.1, -0.05) is 33.6 Å². The quantitative estimate of drug-likeness (QED) is 0.781. The third-order valence-corrected chi connectivity index (χ3v) is 4.32. The molecule has 0 bridgehead atoms. The van der Waals surface area contributed by atoms with Gasteiger partial charge in [0.25, 0.3) is 0 Å². The van der Waals surface area contributed by atoms with Gasteiger partial charge in [-0.2, -0.15) is 0 Å². The molecule has 1 rings (SSSR count). The molecule has 0 amide bonds. The normalized spacial score (nSPS) is 25.3. The van der Waals surface area contributed by atoms with Crippen LogP contribution in [-0.4, -0.2) is 30.1 Å². The summed E-state index contributed by atoms with van der Waals surface area (Å²) in [6.45, 7) is 12.7. The van der Waals surface area contributed by atoms with Crippen molar-refractivity contribution in [2.75, 3.05) is 19.6 Å². The largest absolute Gasteiger partial charge is 0.324 e. The van der Waals surface area contributed by atoms with E-state index < -0.39 is 0 Å². The minimum absolute atomic E-state index is 0.00864. The molecule has 0 aromatic heterocycles. The molecule has 96 valence electrons. The summed E-state index contributed by atoms with van der Waals surface area (Å²) in [5.41, 5.74) is 6.91. The van der Waals surface area contributed by atoms with E-state index in [-0.39, 0.29) is 5.54 Å². The minimum atomic E-state index is 0.00864. The van der Waals surface area contributed by atoms with Gasteiger partial charge in [-0.3, -0.25) is 0 Å². The second-order valence-corrected chi connectivity index (χ2v) is 6.34. The first-order valence-electron chi connectivity index (χ1n) is 6.92. The van der Waals surface area contributed by atoms with Crippen molar-refractivity contribution in [1.82, 2.24) is 4.90 Å². The lowest BCUT2D eigenvalue weighted by molar-refractivity contribution is 0.0956. The number of likely N-dealkylation sites (tertiary alicyclic amines) is 1. The number of hydrogen-bond acceptors (Lipinski definition) is 2.